The van der Waals surface area contributed by atoms with Gasteiger partial charge in [0, 0.05) is 24.3 Å². The first kappa shape index (κ1) is 18.3. The predicted molar refractivity (Wildman–Crippen MR) is 110 cm³/mol. The van der Waals surface area contributed by atoms with E-state index >= 15 is 0 Å². The molecule has 2 aliphatic rings. The molecule has 4 rings (SSSR count). The number of hydrogen-bond acceptors (Lipinski definition) is 4. The molecule has 2 aromatic rings. The van der Waals surface area contributed by atoms with Gasteiger partial charge < -0.3 is 19.7 Å². The van der Waals surface area contributed by atoms with E-state index in [1.807, 2.05) is 0 Å². The van der Waals surface area contributed by atoms with E-state index < -0.39 is 0 Å². The van der Waals surface area contributed by atoms with Gasteiger partial charge in [0.2, 0.25) is 0 Å². The van der Waals surface area contributed by atoms with Crippen LogP contribution in [0.4, 0.5) is 5.69 Å². The number of benzene rings is 2. The average Bonchev–Trinajstić information content (AvgIpc) is 2.72. The van der Waals surface area contributed by atoms with Gasteiger partial charge in [-0.3, -0.25) is 0 Å². The highest BCUT2D eigenvalue weighted by molar-refractivity contribution is 5.54. The zero-order valence-electron chi connectivity index (χ0n) is 16.5. The molecule has 4 heteroatoms. The van der Waals surface area contributed by atoms with Crippen molar-refractivity contribution in [2.75, 3.05) is 39.3 Å². The first-order chi connectivity index (χ1) is 13.2. The van der Waals surface area contributed by atoms with E-state index in [1.165, 1.54) is 40.8 Å². The summed E-state index contributed by atoms with van der Waals surface area (Å²) in [6, 6.07) is 13.3. The maximum Gasteiger partial charge on any atom is 0.122 e. The Kier molecular flexibility index (Phi) is 5.65. The van der Waals surface area contributed by atoms with Crippen LogP contribution in [0.3, 0.4) is 0 Å². The number of nitrogens with zero attached hydrogens (tertiary/aromatic N) is 1. The lowest BCUT2D eigenvalue weighted by Gasteiger charge is -2.30. The Morgan fingerprint density at radius 1 is 1.26 bits per heavy atom. The van der Waals surface area contributed by atoms with Gasteiger partial charge in [0.1, 0.15) is 12.5 Å². The fraction of sp³-hybridized carbons (Fsp3) is 0.478. The van der Waals surface area contributed by atoms with Crippen LogP contribution in [-0.2, 0) is 24.2 Å². The van der Waals surface area contributed by atoms with Crippen LogP contribution in [0.2, 0.25) is 0 Å². The molecule has 0 radical (unpaired) electrons. The summed E-state index contributed by atoms with van der Waals surface area (Å²) in [6.45, 7) is 3.51. The zero-order valence-corrected chi connectivity index (χ0v) is 16.5. The molecule has 4 nitrogen and oxygen atoms in total. The van der Waals surface area contributed by atoms with Crippen molar-refractivity contribution >= 4 is 5.69 Å². The zero-order chi connectivity index (χ0) is 18.6. The molecule has 0 bridgehead atoms. The van der Waals surface area contributed by atoms with Crippen LogP contribution in [0, 0.1) is 0 Å². The van der Waals surface area contributed by atoms with Gasteiger partial charge in [-0.25, -0.2) is 0 Å². The summed E-state index contributed by atoms with van der Waals surface area (Å²) >= 11 is 0. The maximum atomic E-state index is 5.59. The number of methoxy groups -OCH3 is 1. The van der Waals surface area contributed by atoms with Crippen molar-refractivity contribution in [1.82, 2.24) is 4.90 Å². The Bertz CT molecular complexity index is 790. The fourth-order valence-corrected chi connectivity index (χ4v) is 4.44. The summed E-state index contributed by atoms with van der Waals surface area (Å²) in [7, 11) is 4.03. The Hall–Kier alpha value is -2.04. The van der Waals surface area contributed by atoms with Crippen LogP contribution in [0.15, 0.2) is 36.4 Å². The second kappa shape index (κ2) is 8.32. The predicted octanol–water partition coefficient (Wildman–Crippen LogP) is 4.19. The highest BCUT2D eigenvalue weighted by atomic mass is 16.5. The van der Waals surface area contributed by atoms with Crippen molar-refractivity contribution in [3.05, 3.63) is 58.7 Å². The summed E-state index contributed by atoms with van der Waals surface area (Å²) in [5.41, 5.74) is 6.79. The molecule has 1 aliphatic carbocycles. The van der Waals surface area contributed by atoms with Crippen LogP contribution in [0.25, 0.3) is 0 Å². The van der Waals surface area contributed by atoms with Gasteiger partial charge in [0.05, 0.1) is 13.7 Å². The van der Waals surface area contributed by atoms with Crippen molar-refractivity contribution in [2.45, 2.75) is 38.2 Å². The quantitative estimate of drug-likeness (QED) is 0.831. The summed E-state index contributed by atoms with van der Waals surface area (Å²) in [4.78, 5) is 2.48. The first-order valence-corrected chi connectivity index (χ1v) is 10.0. The average molecular weight is 367 g/mol. The standard InChI is InChI=1S/C23H30N2O2/c1-25(12-11-17-9-10-19-15-27-16-24-22(19)13-17)14-18-5-3-7-21-20(18)6-4-8-23(21)26-2/h4,6,8-10,13,18,24H,3,5,7,11-12,14-16H2,1-2H3. The number of fused-ring (bicyclic) bond motifs is 2. The van der Waals surface area contributed by atoms with Gasteiger partial charge in [-0.15, -0.1) is 0 Å². The second-order valence-electron chi connectivity index (χ2n) is 7.79. The van der Waals surface area contributed by atoms with Crippen molar-refractivity contribution in [1.29, 1.82) is 0 Å². The van der Waals surface area contributed by atoms with Crippen molar-refractivity contribution in [3.8, 4) is 5.75 Å². The van der Waals surface area contributed by atoms with E-state index in [9.17, 15) is 0 Å². The van der Waals surface area contributed by atoms with Gasteiger partial charge in [0.25, 0.3) is 0 Å². The molecule has 144 valence electrons. The lowest BCUT2D eigenvalue weighted by Crippen LogP contribution is -2.28. The van der Waals surface area contributed by atoms with E-state index in [4.69, 9.17) is 9.47 Å². The molecule has 0 fully saturated rings. The van der Waals surface area contributed by atoms with E-state index in [2.05, 4.69) is 53.7 Å². The van der Waals surface area contributed by atoms with Crippen LogP contribution in [-0.4, -0.2) is 38.9 Å². The highest BCUT2D eigenvalue weighted by Gasteiger charge is 2.23. The van der Waals surface area contributed by atoms with Crippen molar-refractivity contribution < 1.29 is 9.47 Å². The van der Waals surface area contributed by atoms with Gasteiger partial charge >= 0.3 is 0 Å². The van der Waals surface area contributed by atoms with E-state index in [1.54, 1.807) is 7.11 Å². The summed E-state index contributed by atoms with van der Waals surface area (Å²) < 4.78 is 11.0. The molecule has 0 saturated carbocycles. The van der Waals surface area contributed by atoms with Gasteiger partial charge in [0.15, 0.2) is 0 Å². The number of ether oxygens (including phenoxy) is 2. The van der Waals surface area contributed by atoms with E-state index in [0.717, 1.165) is 31.7 Å². The number of likely N-dealkylation sites (N-methyl/N-ethyl adjacent to an activating group) is 1. The Labute approximate surface area is 162 Å². The minimum atomic E-state index is 0.608. The molecule has 0 spiro atoms. The molecule has 1 unspecified atom stereocenters. The van der Waals surface area contributed by atoms with Crippen LogP contribution < -0.4 is 10.1 Å². The van der Waals surface area contributed by atoms with Crippen LogP contribution in [0.1, 0.15) is 41.0 Å². The number of anilines is 1. The molecule has 0 saturated heterocycles. The fourth-order valence-electron chi connectivity index (χ4n) is 4.44. The molecular formula is C23H30N2O2. The van der Waals surface area contributed by atoms with Crippen LogP contribution >= 0.6 is 0 Å². The molecule has 1 atom stereocenters. The number of nitrogens with one attached hydrogen (secondary N) is 1. The smallest absolute Gasteiger partial charge is 0.122 e. The SMILES string of the molecule is COc1cccc2c1CCCC2CN(C)CCc1ccc2c(c1)NCOC2. The van der Waals surface area contributed by atoms with Crippen LogP contribution in [0.5, 0.6) is 5.75 Å². The normalized spacial score (nSPS) is 18.6. The van der Waals surface area contributed by atoms with Gasteiger partial charge in [-0.05, 0) is 67.5 Å². The summed E-state index contributed by atoms with van der Waals surface area (Å²) in [5, 5.41) is 3.33. The first-order valence-electron chi connectivity index (χ1n) is 10.0. The molecule has 1 aliphatic heterocycles. The lowest BCUT2D eigenvalue weighted by molar-refractivity contribution is 0.130. The Morgan fingerprint density at radius 3 is 3.07 bits per heavy atom. The minimum absolute atomic E-state index is 0.608. The summed E-state index contributed by atoms with van der Waals surface area (Å²) in [6.07, 6.45) is 4.74. The topological polar surface area (TPSA) is 33.7 Å². The maximum absolute atomic E-state index is 5.59. The van der Waals surface area contributed by atoms with Crippen molar-refractivity contribution in [3.63, 3.8) is 0 Å². The summed E-state index contributed by atoms with van der Waals surface area (Å²) in [5.74, 6) is 1.67. The van der Waals surface area contributed by atoms with Crippen molar-refractivity contribution in [2.24, 2.45) is 0 Å². The third kappa shape index (κ3) is 4.12. The Morgan fingerprint density at radius 2 is 2.19 bits per heavy atom. The third-order valence-corrected chi connectivity index (χ3v) is 5.92. The minimum Gasteiger partial charge on any atom is -0.496 e. The molecule has 0 amide bonds. The third-order valence-electron chi connectivity index (χ3n) is 5.92. The highest BCUT2D eigenvalue weighted by Crippen LogP contribution is 2.36. The Balaban J connectivity index is 1.37. The number of hydrogen-bond donors (Lipinski definition) is 1. The molecule has 1 N–H and O–H groups in total. The molecule has 0 aromatic heterocycles. The molecular weight excluding hydrogens is 336 g/mol. The molecule has 1 heterocycles. The largest absolute Gasteiger partial charge is 0.496 e. The van der Waals surface area contributed by atoms with Gasteiger partial charge in [-0.2, -0.15) is 0 Å². The van der Waals surface area contributed by atoms with E-state index in [0.29, 0.717) is 19.3 Å². The molecule has 2 aromatic carbocycles. The van der Waals surface area contributed by atoms with Gasteiger partial charge in [-0.1, -0.05) is 24.3 Å². The lowest BCUT2D eigenvalue weighted by atomic mass is 9.82. The number of rotatable bonds is 6. The molecule has 27 heavy (non-hydrogen) atoms. The second-order valence-corrected chi connectivity index (χ2v) is 7.79. The monoisotopic (exact) mass is 366 g/mol. The van der Waals surface area contributed by atoms with E-state index in [-0.39, 0.29) is 0 Å².